The summed E-state index contributed by atoms with van der Waals surface area (Å²) in [5, 5.41) is 25.0. The van der Waals surface area contributed by atoms with E-state index in [4.69, 9.17) is 19.7 Å². The zero-order valence-electron chi connectivity index (χ0n) is 7.26. The summed E-state index contributed by atoms with van der Waals surface area (Å²) in [7, 11) is 2.77. The molecule has 0 radical (unpaired) electrons. The van der Waals surface area contributed by atoms with Crippen molar-refractivity contribution >= 4 is 0 Å². The normalized spacial score (nSPS) is 10.2. The topological polar surface area (TPSA) is 84.7 Å². The minimum atomic E-state index is -1.65. The van der Waals surface area contributed by atoms with Gasteiger partial charge in [0.05, 0.1) is 19.8 Å². The van der Waals surface area contributed by atoms with Gasteiger partial charge in [0.25, 0.3) is 0 Å². The van der Waals surface area contributed by atoms with E-state index in [2.05, 4.69) is 10.2 Å². The molecule has 13 heavy (non-hydrogen) atoms. The molecule has 6 nitrogen and oxygen atoms in total. The average Bonchev–Trinajstić information content (AvgIpc) is 2.16. The highest BCUT2D eigenvalue weighted by Crippen LogP contribution is 2.22. The maximum absolute atomic E-state index is 8.91. The smallest absolute Gasteiger partial charge is 0.241 e. The van der Waals surface area contributed by atoms with Gasteiger partial charge in [-0.1, -0.05) is 0 Å². The summed E-state index contributed by atoms with van der Waals surface area (Å²) < 4.78 is 9.51. The lowest BCUT2D eigenvalue weighted by atomic mass is 10.3. The van der Waals surface area contributed by atoms with Crippen molar-refractivity contribution in [2.24, 2.45) is 0 Å². The Bertz CT molecular complexity index is 290. The monoisotopic (exact) mass is 186 g/mol. The summed E-state index contributed by atoms with van der Waals surface area (Å²) in [6, 6.07) is 1.34. The van der Waals surface area contributed by atoms with Crippen LogP contribution in [0.5, 0.6) is 11.8 Å². The summed E-state index contributed by atoms with van der Waals surface area (Å²) in [4.78, 5) is 0. The van der Waals surface area contributed by atoms with Crippen LogP contribution in [0.2, 0.25) is 0 Å². The predicted molar refractivity (Wildman–Crippen MR) is 42.3 cm³/mol. The van der Waals surface area contributed by atoms with Crippen LogP contribution in [0.25, 0.3) is 0 Å². The summed E-state index contributed by atoms with van der Waals surface area (Å²) in [6.07, 6.45) is -1.65. The molecule has 0 atom stereocenters. The molecule has 1 heterocycles. The van der Waals surface area contributed by atoms with E-state index in [1.807, 2.05) is 0 Å². The first-order valence-electron chi connectivity index (χ1n) is 3.50. The molecule has 0 aliphatic carbocycles. The van der Waals surface area contributed by atoms with Crippen LogP contribution in [-0.4, -0.2) is 34.6 Å². The molecule has 1 rings (SSSR count). The molecule has 72 valence electrons. The summed E-state index contributed by atoms with van der Waals surface area (Å²) in [5.74, 6) is 0.264. The van der Waals surface area contributed by atoms with Gasteiger partial charge >= 0.3 is 0 Å². The quantitative estimate of drug-likeness (QED) is 0.618. The molecular formula is C7H10N2O4. The lowest BCUT2D eigenvalue weighted by Gasteiger charge is -2.08. The first-order valence-corrected chi connectivity index (χ1v) is 3.50. The van der Waals surface area contributed by atoms with E-state index in [9.17, 15) is 0 Å². The second-order valence-electron chi connectivity index (χ2n) is 2.22. The standard InChI is InChI=1S/C7H10N2O4/c1-12-5-3-4(7(10)11)6(13-2)9-8-5/h3,7,10-11H,1-2H3. The maximum Gasteiger partial charge on any atom is 0.241 e. The third-order valence-corrected chi connectivity index (χ3v) is 1.45. The van der Waals surface area contributed by atoms with Crippen LogP contribution in [-0.2, 0) is 0 Å². The van der Waals surface area contributed by atoms with Crippen LogP contribution in [0, 0.1) is 0 Å². The number of aliphatic hydroxyl groups excluding tert-OH is 1. The van der Waals surface area contributed by atoms with E-state index >= 15 is 0 Å². The van der Waals surface area contributed by atoms with E-state index in [1.165, 1.54) is 20.3 Å². The van der Waals surface area contributed by atoms with Crippen molar-refractivity contribution in [1.29, 1.82) is 0 Å². The molecule has 0 aromatic carbocycles. The van der Waals surface area contributed by atoms with Crippen molar-refractivity contribution in [2.75, 3.05) is 14.2 Å². The zero-order chi connectivity index (χ0) is 9.84. The molecule has 0 saturated heterocycles. The lowest BCUT2D eigenvalue weighted by molar-refractivity contribution is -0.0446. The van der Waals surface area contributed by atoms with Crippen molar-refractivity contribution < 1.29 is 19.7 Å². The van der Waals surface area contributed by atoms with E-state index < -0.39 is 6.29 Å². The van der Waals surface area contributed by atoms with Crippen LogP contribution >= 0.6 is 0 Å². The fourth-order valence-electron chi connectivity index (χ4n) is 0.819. The Morgan fingerprint density at radius 3 is 2.38 bits per heavy atom. The summed E-state index contributed by atoms with van der Waals surface area (Å²) in [5.41, 5.74) is 0.120. The van der Waals surface area contributed by atoms with E-state index in [1.54, 1.807) is 0 Å². The number of ether oxygens (including phenoxy) is 2. The Kier molecular flexibility index (Phi) is 2.99. The largest absolute Gasteiger partial charge is 0.480 e. The fraction of sp³-hybridized carbons (Fsp3) is 0.429. The molecule has 0 saturated carbocycles. The molecular weight excluding hydrogens is 176 g/mol. The van der Waals surface area contributed by atoms with Crippen molar-refractivity contribution in [1.82, 2.24) is 10.2 Å². The van der Waals surface area contributed by atoms with Crippen molar-refractivity contribution in [3.8, 4) is 11.8 Å². The number of nitrogens with zero attached hydrogens (tertiary/aromatic N) is 2. The van der Waals surface area contributed by atoms with Gasteiger partial charge in [-0.05, 0) is 0 Å². The Balaban J connectivity index is 3.10. The highest BCUT2D eigenvalue weighted by Gasteiger charge is 2.13. The van der Waals surface area contributed by atoms with Gasteiger partial charge in [-0.3, -0.25) is 0 Å². The summed E-state index contributed by atoms with van der Waals surface area (Å²) >= 11 is 0. The molecule has 0 fully saturated rings. The number of methoxy groups -OCH3 is 2. The van der Waals surface area contributed by atoms with Gasteiger partial charge in [0.2, 0.25) is 11.8 Å². The highest BCUT2D eigenvalue weighted by atomic mass is 16.5. The molecule has 1 aromatic heterocycles. The molecule has 1 aromatic rings. The minimum Gasteiger partial charge on any atom is -0.480 e. The van der Waals surface area contributed by atoms with Crippen molar-refractivity contribution in [3.63, 3.8) is 0 Å². The molecule has 0 amide bonds. The van der Waals surface area contributed by atoms with Gasteiger partial charge in [-0.25, -0.2) is 0 Å². The van der Waals surface area contributed by atoms with Gasteiger partial charge in [-0.15, -0.1) is 10.2 Å². The van der Waals surface area contributed by atoms with Crippen LogP contribution in [0.1, 0.15) is 11.9 Å². The number of hydrogen-bond acceptors (Lipinski definition) is 6. The Morgan fingerprint density at radius 1 is 1.23 bits per heavy atom. The third kappa shape index (κ3) is 2.04. The van der Waals surface area contributed by atoms with Gasteiger partial charge in [0.1, 0.15) is 0 Å². The molecule has 6 heteroatoms. The van der Waals surface area contributed by atoms with Crippen LogP contribution in [0.4, 0.5) is 0 Å². The SMILES string of the molecule is COc1cc(C(O)O)c(OC)nn1. The molecule has 0 spiro atoms. The van der Waals surface area contributed by atoms with Gasteiger partial charge < -0.3 is 19.7 Å². The molecule has 0 aliphatic rings. The number of aromatic nitrogens is 2. The van der Waals surface area contributed by atoms with Crippen LogP contribution in [0.3, 0.4) is 0 Å². The maximum atomic E-state index is 8.91. The fourth-order valence-corrected chi connectivity index (χ4v) is 0.819. The van der Waals surface area contributed by atoms with Crippen molar-refractivity contribution in [2.45, 2.75) is 6.29 Å². The van der Waals surface area contributed by atoms with Crippen LogP contribution in [0.15, 0.2) is 6.07 Å². The third-order valence-electron chi connectivity index (χ3n) is 1.45. The second-order valence-corrected chi connectivity index (χ2v) is 2.22. The average molecular weight is 186 g/mol. The van der Waals surface area contributed by atoms with E-state index in [0.29, 0.717) is 0 Å². The van der Waals surface area contributed by atoms with Gasteiger partial charge in [0, 0.05) is 6.07 Å². The lowest BCUT2D eigenvalue weighted by Crippen LogP contribution is -2.03. The van der Waals surface area contributed by atoms with Crippen LogP contribution < -0.4 is 9.47 Å². The highest BCUT2D eigenvalue weighted by molar-refractivity contribution is 5.29. The van der Waals surface area contributed by atoms with Crippen molar-refractivity contribution in [3.05, 3.63) is 11.6 Å². The molecule has 0 unspecified atom stereocenters. The Morgan fingerprint density at radius 2 is 1.92 bits per heavy atom. The second kappa shape index (κ2) is 4.01. The predicted octanol–water partition coefficient (Wildman–Crippen LogP) is -0.523. The Hall–Kier alpha value is -1.40. The number of aliphatic hydroxyl groups is 2. The van der Waals surface area contributed by atoms with Gasteiger partial charge in [-0.2, -0.15) is 0 Å². The summed E-state index contributed by atoms with van der Waals surface area (Å²) in [6.45, 7) is 0. The molecule has 0 bridgehead atoms. The van der Waals surface area contributed by atoms with Gasteiger partial charge in [0.15, 0.2) is 6.29 Å². The number of hydrogen-bond donors (Lipinski definition) is 2. The molecule has 0 aliphatic heterocycles. The first-order chi connectivity index (χ1) is 6.19. The van der Waals surface area contributed by atoms with E-state index in [0.717, 1.165) is 0 Å². The molecule has 2 N–H and O–H groups in total. The zero-order valence-corrected chi connectivity index (χ0v) is 7.26. The van der Waals surface area contributed by atoms with E-state index in [-0.39, 0.29) is 17.3 Å². The Labute approximate surface area is 74.7 Å². The minimum absolute atomic E-state index is 0.0656. The first kappa shape index (κ1) is 9.69. The number of rotatable bonds is 3.